The molecule has 6 heteroatoms. The van der Waals surface area contributed by atoms with Gasteiger partial charge < -0.3 is 14.4 Å². The first-order valence-electron chi connectivity index (χ1n) is 5.77. The van der Waals surface area contributed by atoms with E-state index in [9.17, 15) is 14.4 Å². The highest BCUT2D eigenvalue weighted by molar-refractivity contribution is 5.91. The average Bonchev–Trinajstić information content (AvgIpc) is 2.67. The number of ether oxygens (including phenoxy) is 2. The minimum Gasteiger partial charge on any atom is -0.466 e. The molecule has 0 radical (unpaired) electrons. The normalized spacial score (nSPS) is 19.3. The predicted octanol–water partition coefficient (Wildman–Crippen LogP) is 0.270. The third-order valence-corrected chi connectivity index (χ3v) is 2.76. The molecule has 0 bridgehead atoms. The van der Waals surface area contributed by atoms with Crippen LogP contribution < -0.4 is 0 Å². The highest BCUT2D eigenvalue weighted by Crippen LogP contribution is 2.17. The number of carbonyl (C=O) groups excluding carboxylic acids is 3. The van der Waals surface area contributed by atoms with E-state index in [1.54, 1.807) is 4.90 Å². The van der Waals surface area contributed by atoms with Gasteiger partial charge in [0.1, 0.15) is 6.61 Å². The Hall–Kier alpha value is -1.85. The van der Waals surface area contributed by atoms with Gasteiger partial charge in [-0.05, 0) is 13.3 Å². The van der Waals surface area contributed by atoms with Gasteiger partial charge in [-0.1, -0.05) is 0 Å². The second kappa shape index (κ2) is 6.78. The van der Waals surface area contributed by atoms with Gasteiger partial charge in [0.2, 0.25) is 5.91 Å². The fourth-order valence-corrected chi connectivity index (χ4v) is 1.72. The number of hydrogen-bond donors (Lipinski definition) is 0. The average molecular weight is 255 g/mol. The number of rotatable bonds is 5. The molecule has 0 aliphatic carbocycles. The molecular weight excluding hydrogens is 238 g/mol. The fourth-order valence-electron chi connectivity index (χ4n) is 1.72. The van der Waals surface area contributed by atoms with Crippen molar-refractivity contribution in [3.8, 4) is 0 Å². The number of amides is 1. The van der Waals surface area contributed by atoms with Crippen LogP contribution in [0.15, 0.2) is 12.2 Å². The quantitative estimate of drug-likeness (QED) is 0.521. The molecule has 18 heavy (non-hydrogen) atoms. The maximum atomic E-state index is 11.4. The molecule has 0 aromatic heterocycles. The predicted molar refractivity (Wildman–Crippen MR) is 62.5 cm³/mol. The number of hydrogen-bond acceptors (Lipinski definition) is 5. The van der Waals surface area contributed by atoms with E-state index in [4.69, 9.17) is 4.74 Å². The molecule has 1 aliphatic rings. The number of esters is 2. The van der Waals surface area contributed by atoms with Crippen LogP contribution in [0.5, 0.6) is 0 Å². The summed E-state index contributed by atoms with van der Waals surface area (Å²) in [5.74, 6) is -1.15. The van der Waals surface area contributed by atoms with Crippen LogP contribution in [0.3, 0.4) is 0 Å². The number of methoxy groups -OCH3 is 1. The van der Waals surface area contributed by atoms with Crippen molar-refractivity contribution in [2.75, 3.05) is 20.3 Å². The van der Waals surface area contributed by atoms with Crippen LogP contribution in [0.4, 0.5) is 0 Å². The lowest BCUT2D eigenvalue weighted by Crippen LogP contribution is -2.34. The van der Waals surface area contributed by atoms with Crippen LogP contribution in [0.1, 0.15) is 19.8 Å². The summed E-state index contributed by atoms with van der Waals surface area (Å²) in [5, 5.41) is 0. The maximum Gasteiger partial charge on any atom is 0.331 e. The zero-order valence-electron chi connectivity index (χ0n) is 10.5. The Labute approximate surface area is 106 Å². The second-order valence-corrected chi connectivity index (χ2v) is 4.00. The molecule has 0 aromatic rings. The van der Waals surface area contributed by atoms with Crippen molar-refractivity contribution in [2.24, 2.45) is 0 Å². The van der Waals surface area contributed by atoms with Crippen LogP contribution in [0, 0.1) is 0 Å². The van der Waals surface area contributed by atoms with E-state index in [-0.39, 0.29) is 18.6 Å². The Balaban J connectivity index is 2.25. The van der Waals surface area contributed by atoms with Crippen molar-refractivity contribution in [1.82, 2.24) is 4.90 Å². The largest absolute Gasteiger partial charge is 0.466 e. The van der Waals surface area contributed by atoms with E-state index in [0.29, 0.717) is 13.0 Å². The lowest BCUT2D eigenvalue weighted by molar-refractivity contribution is -0.141. The van der Waals surface area contributed by atoms with Gasteiger partial charge in [-0.25, -0.2) is 9.59 Å². The van der Waals surface area contributed by atoms with Crippen LogP contribution in [-0.4, -0.2) is 49.0 Å². The van der Waals surface area contributed by atoms with E-state index in [1.807, 2.05) is 6.92 Å². The van der Waals surface area contributed by atoms with Gasteiger partial charge in [0, 0.05) is 24.6 Å². The van der Waals surface area contributed by atoms with E-state index in [0.717, 1.165) is 18.6 Å². The molecule has 1 rings (SSSR count). The molecule has 0 aromatic carbocycles. The lowest BCUT2D eigenvalue weighted by Gasteiger charge is -2.20. The first-order valence-corrected chi connectivity index (χ1v) is 5.77. The van der Waals surface area contributed by atoms with E-state index in [1.165, 1.54) is 7.11 Å². The molecule has 1 fully saturated rings. The summed E-state index contributed by atoms with van der Waals surface area (Å²) in [5.41, 5.74) is 0. The molecule has 0 N–H and O–H groups in total. The van der Waals surface area contributed by atoms with E-state index < -0.39 is 11.9 Å². The molecule has 1 heterocycles. The van der Waals surface area contributed by atoms with Crippen LogP contribution in [0.25, 0.3) is 0 Å². The molecule has 1 atom stereocenters. The molecule has 1 saturated heterocycles. The Morgan fingerprint density at radius 3 is 2.61 bits per heavy atom. The van der Waals surface area contributed by atoms with Crippen molar-refractivity contribution in [3.05, 3.63) is 12.2 Å². The van der Waals surface area contributed by atoms with Crippen molar-refractivity contribution in [2.45, 2.75) is 25.8 Å². The first kappa shape index (κ1) is 14.2. The van der Waals surface area contributed by atoms with Gasteiger partial charge >= 0.3 is 11.9 Å². The maximum absolute atomic E-state index is 11.4. The zero-order chi connectivity index (χ0) is 13.5. The van der Waals surface area contributed by atoms with Gasteiger partial charge in [-0.15, -0.1) is 0 Å². The highest BCUT2D eigenvalue weighted by Gasteiger charge is 2.26. The molecule has 6 nitrogen and oxygen atoms in total. The second-order valence-electron chi connectivity index (χ2n) is 4.00. The third kappa shape index (κ3) is 4.20. The lowest BCUT2D eigenvalue weighted by atomic mass is 10.2. The summed E-state index contributed by atoms with van der Waals surface area (Å²) < 4.78 is 9.20. The van der Waals surface area contributed by atoms with Crippen LogP contribution >= 0.6 is 0 Å². The molecular formula is C12H17NO5. The minimum atomic E-state index is -0.625. The molecule has 0 spiro atoms. The number of nitrogens with zero attached hydrogens (tertiary/aromatic N) is 1. The van der Waals surface area contributed by atoms with Gasteiger partial charge in [-0.3, -0.25) is 4.79 Å². The summed E-state index contributed by atoms with van der Waals surface area (Å²) in [6.45, 7) is 2.47. The molecule has 1 unspecified atom stereocenters. The van der Waals surface area contributed by atoms with Gasteiger partial charge in [0.05, 0.1) is 13.7 Å². The van der Waals surface area contributed by atoms with Crippen LogP contribution in [0.2, 0.25) is 0 Å². The van der Waals surface area contributed by atoms with Crippen LogP contribution in [-0.2, 0) is 23.9 Å². The summed E-state index contributed by atoms with van der Waals surface area (Å²) in [6.07, 6.45) is 3.39. The van der Waals surface area contributed by atoms with Crippen molar-refractivity contribution in [3.63, 3.8) is 0 Å². The smallest absolute Gasteiger partial charge is 0.331 e. The number of carbonyl (C=O) groups is 3. The third-order valence-electron chi connectivity index (χ3n) is 2.76. The summed E-state index contributed by atoms with van der Waals surface area (Å²) in [6, 6.07) is 0.196. The summed E-state index contributed by atoms with van der Waals surface area (Å²) in [7, 11) is 1.22. The van der Waals surface area contributed by atoms with Gasteiger partial charge in [0.25, 0.3) is 0 Å². The minimum absolute atomic E-state index is 0.0867. The van der Waals surface area contributed by atoms with Crippen molar-refractivity contribution >= 4 is 17.8 Å². The fraction of sp³-hybridized carbons (Fsp3) is 0.583. The van der Waals surface area contributed by atoms with E-state index >= 15 is 0 Å². The Kier molecular flexibility index (Phi) is 5.35. The highest BCUT2D eigenvalue weighted by atomic mass is 16.5. The first-order chi connectivity index (χ1) is 8.54. The Morgan fingerprint density at radius 2 is 2.06 bits per heavy atom. The van der Waals surface area contributed by atoms with Crippen molar-refractivity contribution in [1.29, 1.82) is 0 Å². The van der Waals surface area contributed by atoms with Gasteiger partial charge in [0.15, 0.2) is 0 Å². The summed E-state index contributed by atoms with van der Waals surface area (Å²) >= 11 is 0. The monoisotopic (exact) mass is 255 g/mol. The molecule has 1 aliphatic heterocycles. The van der Waals surface area contributed by atoms with Gasteiger partial charge in [-0.2, -0.15) is 0 Å². The Bertz CT molecular complexity index is 363. The zero-order valence-corrected chi connectivity index (χ0v) is 10.5. The topological polar surface area (TPSA) is 72.9 Å². The van der Waals surface area contributed by atoms with E-state index in [2.05, 4.69) is 4.74 Å². The van der Waals surface area contributed by atoms with Crippen molar-refractivity contribution < 1.29 is 23.9 Å². The molecule has 1 amide bonds. The standard InChI is InChI=1S/C12H17NO5/c1-9-3-4-10(14)13(9)7-8-18-12(16)6-5-11(15)17-2/h5-6,9H,3-4,7-8H2,1-2H3. The number of likely N-dealkylation sites (tertiary alicyclic amines) is 1. The Morgan fingerprint density at radius 1 is 1.39 bits per heavy atom. The molecule has 100 valence electrons. The molecule has 0 saturated carbocycles. The summed E-state index contributed by atoms with van der Waals surface area (Å²) in [4.78, 5) is 35.0. The SMILES string of the molecule is COC(=O)C=CC(=O)OCCN1C(=O)CCC1C.